The second-order valence-corrected chi connectivity index (χ2v) is 8.21. The van der Waals surface area contributed by atoms with Gasteiger partial charge in [0.2, 0.25) is 5.91 Å². The number of carbonyl (C=O) groups excluding carboxylic acids is 1. The van der Waals surface area contributed by atoms with Gasteiger partial charge in [-0.15, -0.1) is 0 Å². The van der Waals surface area contributed by atoms with Gasteiger partial charge in [-0.3, -0.25) is 4.79 Å². The Hall–Kier alpha value is -1.56. The van der Waals surface area contributed by atoms with E-state index in [1.54, 1.807) is 0 Å². The number of para-hydroxylation sites is 1. The third kappa shape index (κ3) is 3.05. The molecule has 0 aromatic heterocycles. The van der Waals surface area contributed by atoms with Gasteiger partial charge >= 0.3 is 0 Å². The lowest BCUT2D eigenvalue weighted by Gasteiger charge is -2.13. The van der Waals surface area contributed by atoms with Crippen molar-refractivity contribution in [3.8, 4) is 0 Å². The van der Waals surface area contributed by atoms with Crippen LogP contribution in [0.2, 0.25) is 0 Å². The van der Waals surface area contributed by atoms with Gasteiger partial charge in [-0.1, -0.05) is 18.2 Å². The molecule has 0 spiro atoms. The first-order valence-electron chi connectivity index (χ1n) is 7.37. The Labute approximate surface area is 125 Å². The quantitative estimate of drug-likeness (QED) is 0.878. The molecule has 2 N–H and O–H groups in total. The van der Waals surface area contributed by atoms with Crippen LogP contribution in [0, 0.1) is 0 Å². The molecule has 1 aromatic rings. The first kappa shape index (κ1) is 14.4. The molecule has 2 aliphatic heterocycles. The van der Waals surface area contributed by atoms with E-state index in [-0.39, 0.29) is 24.1 Å². The van der Waals surface area contributed by atoms with E-state index >= 15 is 0 Å². The molecule has 0 bridgehead atoms. The van der Waals surface area contributed by atoms with Crippen molar-refractivity contribution in [2.24, 2.45) is 0 Å². The monoisotopic (exact) mass is 308 g/mol. The zero-order valence-electron chi connectivity index (χ0n) is 11.8. The van der Waals surface area contributed by atoms with Gasteiger partial charge in [0.1, 0.15) is 0 Å². The lowest BCUT2D eigenvalue weighted by Crippen LogP contribution is -2.35. The topological polar surface area (TPSA) is 75.3 Å². The van der Waals surface area contributed by atoms with Gasteiger partial charge in [0.05, 0.1) is 11.0 Å². The summed E-state index contributed by atoms with van der Waals surface area (Å²) in [6, 6.07) is 7.99. The van der Waals surface area contributed by atoms with Crippen molar-refractivity contribution >= 4 is 21.4 Å². The number of anilines is 1. The minimum absolute atomic E-state index is 0.0689. The van der Waals surface area contributed by atoms with Crippen molar-refractivity contribution in [3.63, 3.8) is 0 Å². The summed E-state index contributed by atoms with van der Waals surface area (Å²) in [6.45, 7) is 1.01. The average molecular weight is 308 g/mol. The maximum Gasteiger partial charge on any atom is 0.220 e. The Morgan fingerprint density at radius 3 is 2.90 bits per heavy atom. The normalized spacial score (nSPS) is 26.1. The molecular weight excluding hydrogens is 288 g/mol. The lowest BCUT2D eigenvalue weighted by atomic mass is 9.97. The van der Waals surface area contributed by atoms with E-state index in [0.717, 1.165) is 12.2 Å². The van der Waals surface area contributed by atoms with E-state index in [1.165, 1.54) is 5.56 Å². The summed E-state index contributed by atoms with van der Waals surface area (Å²) in [5.41, 5.74) is 2.26. The van der Waals surface area contributed by atoms with Crippen molar-refractivity contribution in [2.75, 3.05) is 24.2 Å². The fraction of sp³-hybridized carbons (Fsp3) is 0.533. The summed E-state index contributed by atoms with van der Waals surface area (Å²) in [6.07, 6.45) is 1.77. The van der Waals surface area contributed by atoms with Crippen LogP contribution in [-0.4, -0.2) is 38.4 Å². The number of amides is 1. The number of benzene rings is 1. The van der Waals surface area contributed by atoms with Crippen LogP contribution in [0.3, 0.4) is 0 Å². The minimum atomic E-state index is -2.99. The molecule has 114 valence electrons. The Morgan fingerprint density at radius 2 is 2.14 bits per heavy atom. The molecule has 2 unspecified atom stereocenters. The number of rotatable bonds is 4. The SMILES string of the molecule is O=C(CC1CNc2ccccc21)NCC1CCCS1(=O)=O. The minimum Gasteiger partial charge on any atom is -0.384 e. The van der Waals surface area contributed by atoms with E-state index in [2.05, 4.69) is 10.6 Å². The highest BCUT2D eigenvalue weighted by atomic mass is 32.2. The number of fused-ring (bicyclic) bond motifs is 1. The van der Waals surface area contributed by atoms with E-state index < -0.39 is 15.1 Å². The number of hydrogen-bond donors (Lipinski definition) is 2. The molecule has 1 saturated heterocycles. The molecule has 1 fully saturated rings. The maximum absolute atomic E-state index is 12.0. The van der Waals surface area contributed by atoms with Gasteiger partial charge in [-0.05, 0) is 24.5 Å². The van der Waals surface area contributed by atoms with Gasteiger partial charge in [-0.2, -0.15) is 0 Å². The molecule has 0 saturated carbocycles. The largest absolute Gasteiger partial charge is 0.384 e. The third-order valence-electron chi connectivity index (χ3n) is 4.36. The van der Waals surface area contributed by atoms with Crippen LogP contribution in [0.5, 0.6) is 0 Å². The van der Waals surface area contributed by atoms with Gasteiger partial charge < -0.3 is 10.6 Å². The van der Waals surface area contributed by atoms with E-state index in [9.17, 15) is 13.2 Å². The number of nitrogens with one attached hydrogen (secondary N) is 2. The molecule has 0 radical (unpaired) electrons. The van der Waals surface area contributed by atoms with Crippen LogP contribution >= 0.6 is 0 Å². The second kappa shape index (κ2) is 5.67. The molecule has 1 amide bonds. The predicted octanol–water partition coefficient (Wildman–Crippen LogP) is 1.28. The Morgan fingerprint density at radius 1 is 1.33 bits per heavy atom. The van der Waals surface area contributed by atoms with E-state index in [0.29, 0.717) is 19.3 Å². The number of sulfone groups is 1. The van der Waals surface area contributed by atoms with E-state index in [1.807, 2.05) is 24.3 Å². The number of carbonyl (C=O) groups is 1. The Balaban J connectivity index is 1.54. The Bertz CT molecular complexity index is 642. The summed E-state index contributed by atoms with van der Waals surface area (Å²) in [7, 11) is -2.99. The highest BCUT2D eigenvalue weighted by Gasteiger charge is 2.31. The molecule has 2 atom stereocenters. The number of hydrogen-bond acceptors (Lipinski definition) is 4. The van der Waals surface area contributed by atoms with Crippen LogP contribution in [0.25, 0.3) is 0 Å². The van der Waals surface area contributed by atoms with Gasteiger partial charge in [0.25, 0.3) is 0 Å². The lowest BCUT2D eigenvalue weighted by molar-refractivity contribution is -0.121. The van der Waals surface area contributed by atoms with E-state index in [4.69, 9.17) is 0 Å². The smallest absolute Gasteiger partial charge is 0.220 e. The van der Waals surface area contributed by atoms with Crippen molar-refractivity contribution in [3.05, 3.63) is 29.8 Å². The van der Waals surface area contributed by atoms with Crippen LogP contribution in [0.4, 0.5) is 5.69 Å². The third-order valence-corrected chi connectivity index (χ3v) is 6.64. The molecule has 2 aliphatic rings. The molecular formula is C15H20N2O3S. The highest BCUT2D eigenvalue weighted by molar-refractivity contribution is 7.92. The van der Waals surface area contributed by atoms with Crippen molar-refractivity contribution in [2.45, 2.75) is 30.4 Å². The summed E-state index contributed by atoms with van der Waals surface area (Å²) in [5, 5.41) is 5.69. The second-order valence-electron chi connectivity index (χ2n) is 5.80. The molecule has 6 heteroatoms. The van der Waals surface area contributed by atoms with Crippen LogP contribution in [-0.2, 0) is 14.6 Å². The fourth-order valence-corrected chi connectivity index (χ4v) is 4.92. The molecule has 5 nitrogen and oxygen atoms in total. The van der Waals surface area contributed by atoms with Crippen molar-refractivity contribution in [1.82, 2.24) is 5.32 Å². The molecule has 0 aliphatic carbocycles. The van der Waals surface area contributed by atoms with Crippen LogP contribution in [0.1, 0.15) is 30.7 Å². The zero-order chi connectivity index (χ0) is 14.9. The first-order valence-corrected chi connectivity index (χ1v) is 9.09. The summed E-state index contributed by atoms with van der Waals surface area (Å²) in [5.74, 6) is 0.356. The highest BCUT2D eigenvalue weighted by Crippen LogP contribution is 2.33. The van der Waals surface area contributed by atoms with Gasteiger partial charge in [-0.25, -0.2) is 8.42 Å². The summed E-state index contributed by atoms with van der Waals surface area (Å²) in [4.78, 5) is 12.0. The first-order chi connectivity index (χ1) is 10.1. The summed E-state index contributed by atoms with van der Waals surface area (Å²) < 4.78 is 23.4. The van der Waals surface area contributed by atoms with Gasteiger partial charge in [0.15, 0.2) is 9.84 Å². The molecule has 2 heterocycles. The average Bonchev–Trinajstić information content (AvgIpc) is 3.00. The maximum atomic E-state index is 12.0. The van der Waals surface area contributed by atoms with Crippen LogP contribution in [0.15, 0.2) is 24.3 Å². The standard InChI is InChI=1S/C15H20N2O3S/c18-15(17-10-12-4-3-7-21(12,19)20)8-11-9-16-14-6-2-1-5-13(11)14/h1-2,5-6,11-12,16H,3-4,7-10H2,(H,17,18). The predicted molar refractivity (Wildman–Crippen MR) is 82.1 cm³/mol. The zero-order valence-corrected chi connectivity index (χ0v) is 12.7. The molecule has 3 rings (SSSR count). The molecule has 21 heavy (non-hydrogen) atoms. The summed E-state index contributed by atoms with van der Waals surface area (Å²) >= 11 is 0. The van der Waals surface area contributed by atoms with Gasteiger partial charge in [0, 0.05) is 31.1 Å². The van der Waals surface area contributed by atoms with Crippen LogP contribution < -0.4 is 10.6 Å². The fourth-order valence-electron chi connectivity index (χ4n) is 3.15. The van der Waals surface area contributed by atoms with Crippen molar-refractivity contribution < 1.29 is 13.2 Å². The molecule has 1 aromatic carbocycles. The Kier molecular flexibility index (Phi) is 3.89. The van der Waals surface area contributed by atoms with Crippen molar-refractivity contribution in [1.29, 1.82) is 0 Å².